The summed E-state index contributed by atoms with van der Waals surface area (Å²) in [5.41, 5.74) is 1.54. The van der Waals surface area contributed by atoms with E-state index in [2.05, 4.69) is 53.2 Å². The van der Waals surface area contributed by atoms with Gasteiger partial charge in [0.1, 0.15) is 0 Å². The number of nitrogens with one attached hydrogen (secondary N) is 1. The summed E-state index contributed by atoms with van der Waals surface area (Å²) in [6, 6.07) is 16.7. The smallest absolute Gasteiger partial charge is 0.417 e. The minimum atomic E-state index is -2.74. The number of carbonyl (C=O) groups is 3. The number of hydrogen-bond acceptors (Lipinski definition) is 8. The van der Waals surface area contributed by atoms with Gasteiger partial charge in [0.25, 0.3) is 0 Å². The van der Waals surface area contributed by atoms with Gasteiger partial charge in [-0.25, -0.2) is 9.59 Å². The van der Waals surface area contributed by atoms with Crippen LogP contribution in [0.5, 0.6) is 0 Å². The van der Waals surface area contributed by atoms with Crippen LogP contribution in [0, 0.1) is 5.41 Å². The van der Waals surface area contributed by atoms with E-state index in [0.717, 1.165) is 57.6 Å². The number of hydrogen-bond donors (Lipinski definition) is 5. The van der Waals surface area contributed by atoms with Crippen LogP contribution >= 0.6 is 0 Å². The molecule has 0 atom stereocenters. The van der Waals surface area contributed by atoms with Crippen molar-refractivity contribution in [3.8, 4) is 0 Å². The van der Waals surface area contributed by atoms with Crippen molar-refractivity contribution in [1.29, 1.82) is 0 Å². The number of rotatable bonds is 13. The summed E-state index contributed by atoms with van der Waals surface area (Å²) in [7, 11) is 0. The highest BCUT2D eigenvalue weighted by Gasteiger charge is 2.40. The zero-order valence-corrected chi connectivity index (χ0v) is 23.6. The fourth-order valence-corrected chi connectivity index (χ4v) is 5.09. The van der Waals surface area contributed by atoms with Gasteiger partial charge in [-0.2, -0.15) is 0 Å². The van der Waals surface area contributed by atoms with Crippen LogP contribution in [0.25, 0.3) is 11.1 Å². The largest absolute Gasteiger partial charge is 0.481 e. The van der Waals surface area contributed by atoms with E-state index in [0.29, 0.717) is 5.58 Å². The van der Waals surface area contributed by atoms with Crippen molar-refractivity contribution in [1.82, 2.24) is 9.88 Å². The van der Waals surface area contributed by atoms with Crippen LogP contribution in [0.4, 0.5) is 0 Å². The highest BCUT2D eigenvalue weighted by atomic mass is 16.5. The maximum absolute atomic E-state index is 11.4. The highest BCUT2D eigenvalue weighted by molar-refractivity contribution is 5.88. The van der Waals surface area contributed by atoms with E-state index in [4.69, 9.17) is 29.6 Å². The normalized spacial score (nSPS) is 15.1. The fraction of sp³-hybridized carbons (Fsp3) is 0.467. The van der Waals surface area contributed by atoms with Crippen molar-refractivity contribution < 1.29 is 44.0 Å². The van der Waals surface area contributed by atoms with Crippen LogP contribution in [-0.4, -0.2) is 80.1 Å². The predicted octanol–water partition coefficient (Wildman–Crippen LogP) is 3.12. The zero-order chi connectivity index (χ0) is 30.8. The predicted molar refractivity (Wildman–Crippen MR) is 152 cm³/mol. The van der Waals surface area contributed by atoms with Gasteiger partial charge >= 0.3 is 23.7 Å². The molecular weight excluding hydrogens is 548 g/mol. The average Bonchev–Trinajstić information content (AvgIpc) is 3.31. The summed E-state index contributed by atoms with van der Waals surface area (Å²) < 4.78 is 11.0. The number of likely N-dealkylation sites (tertiary alicyclic amines) is 1. The summed E-state index contributed by atoms with van der Waals surface area (Å²) >= 11 is 0. The van der Waals surface area contributed by atoms with Gasteiger partial charge in [-0.3, -0.25) is 19.5 Å². The molecule has 4 rings (SSSR count). The van der Waals surface area contributed by atoms with Crippen molar-refractivity contribution in [2.24, 2.45) is 5.41 Å². The van der Waals surface area contributed by atoms with Crippen LogP contribution in [0.3, 0.4) is 0 Å². The first kappa shape index (κ1) is 32.5. The standard InChI is InChI=1S/C24H30N2O3.C6H8O7/c1-2-28-18-24(11-10-19-6-4-3-5-7-19)12-14-26(15-13-24)17-20-8-9-22-21(16-20)25-23(27)29-22;7-3(8)1-6(13,5(11)12)2-4(9)10/h3-9,16H,2,10-15,17-18H2,1H3,(H,25,27);13H,1-2H2,(H,7,8)(H,9,10)(H,11,12). The lowest BCUT2D eigenvalue weighted by Crippen LogP contribution is -2.42. The lowest BCUT2D eigenvalue weighted by atomic mass is 9.74. The minimum absolute atomic E-state index is 0.266. The number of aromatic amines is 1. The Bertz CT molecular complexity index is 1370. The molecule has 2 heterocycles. The number of aliphatic carboxylic acids is 3. The Morgan fingerprint density at radius 2 is 1.64 bits per heavy atom. The van der Waals surface area contributed by atoms with E-state index in [9.17, 15) is 19.2 Å². The molecule has 1 aliphatic rings. The number of nitrogens with zero attached hydrogens (tertiary/aromatic N) is 1. The Hall–Kier alpha value is -4.00. The second-order valence-electron chi connectivity index (χ2n) is 10.7. The number of aromatic nitrogens is 1. The molecule has 0 amide bonds. The Morgan fingerprint density at radius 1 is 1.00 bits per heavy atom. The number of aryl methyl sites for hydroxylation is 1. The van der Waals surface area contributed by atoms with Crippen molar-refractivity contribution in [2.45, 2.75) is 57.6 Å². The first-order valence-electron chi connectivity index (χ1n) is 13.8. The second kappa shape index (κ2) is 14.8. The summed E-state index contributed by atoms with van der Waals surface area (Å²) in [4.78, 5) is 47.1. The van der Waals surface area contributed by atoms with Crippen LogP contribution in [0.2, 0.25) is 0 Å². The molecule has 1 saturated heterocycles. The molecule has 228 valence electrons. The van der Waals surface area contributed by atoms with Gasteiger partial charge in [-0.15, -0.1) is 0 Å². The summed E-state index contributed by atoms with van der Waals surface area (Å²) in [6.45, 7) is 6.75. The molecule has 1 fully saturated rings. The van der Waals surface area contributed by atoms with Crippen molar-refractivity contribution >= 4 is 29.0 Å². The molecule has 0 radical (unpaired) electrons. The van der Waals surface area contributed by atoms with E-state index in [1.54, 1.807) is 0 Å². The number of ether oxygens (including phenoxy) is 1. The van der Waals surface area contributed by atoms with Gasteiger partial charge < -0.3 is 29.6 Å². The SMILES string of the molecule is CCOCC1(CCc2ccccc2)CCN(Cc2ccc3oc(=O)[nH]c3c2)CC1.O=C(O)CC(O)(CC(=O)O)C(=O)O. The summed E-state index contributed by atoms with van der Waals surface area (Å²) in [5, 5.41) is 33.8. The molecule has 0 unspecified atom stereocenters. The van der Waals surface area contributed by atoms with Crippen LogP contribution in [0.1, 0.15) is 50.2 Å². The van der Waals surface area contributed by atoms with Gasteiger partial charge in [0.05, 0.1) is 25.0 Å². The third-order valence-corrected chi connectivity index (χ3v) is 7.49. The number of carboxylic acids is 3. The second-order valence-corrected chi connectivity index (χ2v) is 10.7. The monoisotopic (exact) mass is 586 g/mol. The average molecular weight is 587 g/mol. The van der Waals surface area contributed by atoms with E-state index in [1.165, 1.54) is 17.5 Å². The molecule has 0 saturated carbocycles. The molecule has 12 heteroatoms. The number of fused-ring (bicyclic) bond motifs is 1. The number of piperidine rings is 1. The third kappa shape index (κ3) is 9.54. The van der Waals surface area contributed by atoms with Crippen molar-refractivity contribution in [3.05, 3.63) is 70.2 Å². The molecular formula is C30H38N2O10. The summed E-state index contributed by atoms with van der Waals surface area (Å²) in [6.07, 6.45) is 2.31. The maximum atomic E-state index is 11.4. The molecule has 1 aromatic heterocycles. The maximum Gasteiger partial charge on any atom is 0.417 e. The van der Waals surface area contributed by atoms with Crippen LogP contribution in [-0.2, 0) is 32.1 Å². The lowest BCUT2D eigenvalue weighted by molar-refractivity contribution is -0.170. The van der Waals surface area contributed by atoms with Crippen LogP contribution in [0.15, 0.2) is 57.7 Å². The fourth-order valence-electron chi connectivity index (χ4n) is 5.09. The molecule has 0 bridgehead atoms. The Morgan fingerprint density at radius 3 is 2.21 bits per heavy atom. The number of benzene rings is 2. The minimum Gasteiger partial charge on any atom is -0.481 e. The number of carboxylic acid groups (broad SMARTS) is 3. The van der Waals surface area contributed by atoms with Gasteiger partial charge in [-0.05, 0) is 74.4 Å². The van der Waals surface area contributed by atoms with E-state index in [1.807, 2.05) is 12.1 Å². The van der Waals surface area contributed by atoms with Crippen molar-refractivity contribution in [3.63, 3.8) is 0 Å². The Labute approximate surface area is 242 Å². The van der Waals surface area contributed by atoms with Gasteiger partial charge in [0.2, 0.25) is 0 Å². The topological polar surface area (TPSA) is 191 Å². The van der Waals surface area contributed by atoms with Gasteiger partial charge in [0, 0.05) is 13.2 Å². The van der Waals surface area contributed by atoms with E-state index < -0.39 is 42.1 Å². The zero-order valence-electron chi connectivity index (χ0n) is 23.6. The van der Waals surface area contributed by atoms with E-state index >= 15 is 0 Å². The first-order valence-corrected chi connectivity index (χ1v) is 13.8. The highest BCUT2D eigenvalue weighted by Crippen LogP contribution is 2.37. The molecule has 0 spiro atoms. The van der Waals surface area contributed by atoms with Crippen molar-refractivity contribution in [2.75, 3.05) is 26.3 Å². The Kier molecular flexibility index (Phi) is 11.4. The number of oxazole rings is 1. The number of aliphatic hydroxyl groups is 1. The summed E-state index contributed by atoms with van der Waals surface area (Å²) in [5.74, 6) is -5.41. The van der Waals surface area contributed by atoms with E-state index in [-0.39, 0.29) is 5.41 Å². The molecule has 0 aliphatic carbocycles. The first-order chi connectivity index (χ1) is 19.9. The quantitative estimate of drug-likeness (QED) is 0.198. The molecule has 5 N–H and O–H groups in total. The molecule has 42 heavy (non-hydrogen) atoms. The molecule has 3 aromatic rings. The number of H-pyrrole nitrogens is 1. The van der Waals surface area contributed by atoms with Gasteiger partial charge in [-0.1, -0.05) is 36.4 Å². The molecule has 12 nitrogen and oxygen atoms in total. The third-order valence-electron chi connectivity index (χ3n) is 7.49. The molecule has 2 aromatic carbocycles. The van der Waals surface area contributed by atoms with Crippen LogP contribution < -0.4 is 5.76 Å². The lowest BCUT2D eigenvalue weighted by Gasteiger charge is -2.42. The molecule has 1 aliphatic heterocycles. The van der Waals surface area contributed by atoms with Gasteiger partial charge in [0.15, 0.2) is 11.2 Å². The Balaban J connectivity index is 0.000000316.